The van der Waals surface area contributed by atoms with Crippen LogP contribution in [0, 0.1) is 0 Å². The molecule has 0 bridgehead atoms. The first-order valence-electron chi connectivity index (χ1n) is 5.05. The standard InChI is InChI=1S/C12H19NSi/c1-5-14(13-4,11(2)3)12-9-7-6-8-10-12/h5-11,13H,1H2,2-4H3. The van der Waals surface area contributed by atoms with E-state index in [0.29, 0.717) is 5.54 Å². The summed E-state index contributed by atoms with van der Waals surface area (Å²) in [5.74, 6) is 0. The van der Waals surface area contributed by atoms with Gasteiger partial charge in [0.05, 0.1) is 0 Å². The molecule has 0 radical (unpaired) electrons. The minimum Gasteiger partial charge on any atom is -0.333 e. The third kappa shape index (κ3) is 1.81. The van der Waals surface area contributed by atoms with Gasteiger partial charge in [-0.3, -0.25) is 0 Å². The summed E-state index contributed by atoms with van der Waals surface area (Å²) in [5, 5.41) is 1.41. The lowest BCUT2D eigenvalue weighted by molar-refractivity contribution is 0.971. The zero-order valence-electron chi connectivity index (χ0n) is 9.25. The van der Waals surface area contributed by atoms with Crippen LogP contribution in [0.3, 0.4) is 0 Å². The molecular formula is C12H19NSi. The fourth-order valence-corrected chi connectivity index (χ4v) is 5.12. The zero-order chi connectivity index (χ0) is 10.6. The summed E-state index contributed by atoms with van der Waals surface area (Å²) in [4.78, 5) is 3.50. The van der Waals surface area contributed by atoms with E-state index in [4.69, 9.17) is 0 Å². The molecule has 1 aromatic rings. The Morgan fingerprint density at radius 2 is 1.86 bits per heavy atom. The molecule has 1 rings (SSSR count). The molecule has 0 aromatic heterocycles. The van der Waals surface area contributed by atoms with Gasteiger partial charge in [-0.25, -0.2) is 0 Å². The summed E-state index contributed by atoms with van der Waals surface area (Å²) < 4.78 is 0. The molecule has 1 nitrogen and oxygen atoms in total. The van der Waals surface area contributed by atoms with Crippen molar-refractivity contribution in [2.24, 2.45) is 0 Å². The molecule has 0 aliphatic rings. The third-order valence-corrected chi connectivity index (χ3v) is 7.48. The maximum Gasteiger partial charge on any atom is 0.184 e. The third-order valence-electron chi connectivity index (χ3n) is 2.90. The SMILES string of the molecule is C=C[Si](NC)(c1ccccc1)C(C)C. The van der Waals surface area contributed by atoms with E-state index in [-0.39, 0.29) is 0 Å². The Balaban J connectivity index is 3.17. The van der Waals surface area contributed by atoms with E-state index in [1.165, 1.54) is 5.19 Å². The van der Waals surface area contributed by atoms with Gasteiger partial charge >= 0.3 is 0 Å². The molecule has 1 atom stereocenters. The number of hydrogen-bond acceptors (Lipinski definition) is 1. The highest BCUT2D eigenvalue weighted by Crippen LogP contribution is 2.18. The average molecular weight is 205 g/mol. The molecule has 0 aliphatic heterocycles. The molecule has 14 heavy (non-hydrogen) atoms. The van der Waals surface area contributed by atoms with Gasteiger partial charge in [0, 0.05) is 0 Å². The molecule has 1 unspecified atom stereocenters. The minimum absolute atomic E-state index is 0.618. The average Bonchev–Trinajstić information content (AvgIpc) is 2.22. The normalized spacial score (nSPS) is 15.1. The fourth-order valence-electron chi connectivity index (χ4n) is 1.94. The quantitative estimate of drug-likeness (QED) is 0.743. The highest BCUT2D eigenvalue weighted by molar-refractivity contribution is 6.94. The van der Waals surface area contributed by atoms with E-state index in [1.54, 1.807) is 0 Å². The summed E-state index contributed by atoms with van der Waals surface area (Å²) in [6.45, 7) is 8.52. The van der Waals surface area contributed by atoms with Gasteiger partial charge in [0.1, 0.15) is 0 Å². The van der Waals surface area contributed by atoms with Crippen LogP contribution < -0.4 is 10.2 Å². The molecule has 0 fully saturated rings. The van der Waals surface area contributed by atoms with Gasteiger partial charge in [0.15, 0.2) is 8.24 Å². The molecule has 2 heteroatoms. The zero-order valence-corrected chi connectivity index (χ0v) is 10.2. The molecule has 1 N–H and O–H groups in total. The van der Waals surface area contributed by atoms with Gasteiger partial charge < -0.3 is 4.98 Å². The van der Waals surface area contributed by atoms with E-state index in [0.717, 1.165) is 0 Å². The number of hydrogen-bond donors (Lipinski definition) is 1. The first kappa shape index (κ1) is 11.2. The van der Waals surface area contributed by atoms with Crippen molar-refractivity contribution in [3.63, 3.8) is 0 Å². The largest absolute Gasteiger partial charge is 0.333 e. The Hall–Kier alpha value is -0.863. The highest BCUT2D eigenvalue weighted by Gasteiger charge is 2.33. The lowest BCUT2D eigenvalue weighted by Gasteiger charge is -2.32. The van der Waals surface area contributed by atoms with Gasteiger partial charge in [-0.15, -0.1) is 6.58 Å². The molecule has 76 valence electrons. The summed E-state index contributed by atoms with van der Waals surface area (Å²) in [6.07, 6.45) is 0. The first-order valence-corrected chi connectivity index (χ1v) is 7.21. The van der Waals surface area contributed by atoms with Crippen LogP contribution in [0.15, 0.2) is 42.6 Å². The predicted molar refractivity (Wildman–Crippen MR) is 66.2 cm³/mol. The van der Waals surface area contributed by atoms with Crippen LogP contribution in [0.4, 0.5) is 0 Å². The smallest absolute Gasteiger partial charge is 0.184 e. The van der Waals surface area contributed by atoms with Gasteiger partial charge in [-0.05, 0) is 17.8 Å². The Morgan fingerprint density at radius 1 is 1.29 bits per heavy atom. The summed E-state index contributed by atoms with van der Waals surface area (Å²) >= 11 is 0. The molecule has 0 heterocycles. The van der Waals surface area contributed by atoms with E-state index < -0.39 is 8.24 Å². The van der Waals surface area contributed by atoms with Gasteiger partial charge in [-0.2, -0.15) is 0 Å². The molecule has 0 saturated carbocycles. The number of rotatable bonds is 4. The maximum absolute atomic E-state index is 4.00. The van der Waals surface area contributed by atoms with Crippen molar-refractivity contribution >= 4 is 13.4 Å². The van der Waals surface area contributed by atoms with E-state index in [1.807, 2.05) is 7.05 Å². The van der Waals surface area contributed by atoms with Crippen LogP contribution in [0.2, 0.25) is 5.54 Å². The summed E-state index contributed by atoms with van der Waals surface area (Å²) in [6, 6.07) is 10.6. The van der Waals surface area contributed by atoms with Crippen molar-refractivity contribution in [1.82, 2.24) is 4.98 Å². The lowest BCUT2D eigenvalue weighted by Crippen LogP contribution is -2.59. The Morgan fingerprint density at radius 3 is 2.21 bits per heavy atom. The molecule has 0 saturated heterocycles. The first-order chi connectivity index (χ1) is 6.67. The summed E-state index contributed by atoms with van der Waals surface area (Å²) in [7, 11) is 0.360. The summed E-state index contributed by atoms with van der Waals surface area (Å²) in [5.41, 5.74) is 2.75. The highest BCUT2D eigenvalue weighted by atomic mass is 28.3. The van der Waals surface area contributed by atoms with Crippen molar-refractivity contribution in [3.05, 3.63) is 42.6 Å². The Kier molecular flexibility index (Phi) is 3.67. The molecule has 0 amide bonds. The van der Waals surface area contributed by atoms with Gasteiger partial charge in [-0.1, -0.05) is 49.9 Å². The van der Waals surface area contributed by atoms with Crippen LogP contribution in [-0.4, -0.2) is 15.3 Å². The second kappa shape index (κ2) is 4.58. The van der Waals surface area contributed by atoms with Crippen molar-refractivity contribution in [3.8, 4) is 0 Å². The lowest BCUT2D eigenvalue weighted by atomic mass is 10.4. The van der Waals surface area contributed by atoms with Crippen LogP contribution >= 0.6 is 0 Å². The maximum atomic E-state index is 4.00. The van der Waals surface area contributed by atoms with Crippen LogP contribution in [0.5, 0.6) is 0 Å². The second-order valence-corrected chi connectivity index (χ2v) is 8.22. The van der Waals surface area contributed by atoms with Crippen molar-refractivity contribution in [1.29, 1.82) is 0 Å². The number of benzene rings is 1. The monoisotopic (exact) mass is 205 g/mol. The number of nitrogens with one attached hydrogen (secondary N) is 1. The van der Waals surface area contributed by atoms with Crippen LogP contribution in [0.25, 0.3) is 0 Å². The topological polar surface area (TPSA) is 12.0 Å². The molecule has 1 aromatic carbocycles. The van der Waals surface area contributed by atoms with E-state index in [2.05, 4.69) is 61.4 Å². The van der Waals surface area contributed by atoms with Crippen LogP contribution in [-0.2, 0) is 0 Å². The Bertz CT molecular complexity index is 294. The Labute approximate surface area is 87.9 Å². The molecule has 0 aliphatic carbocycles. The van der Waals surface area contributed by atoms with Crippen molar-refractivity contribution in [2.45, 2.75) is 19.4 Å². The fraction of sp³-hybridized carbons (Fsp3) is 0.333. The second-order valence-electron chi connectivity index (χ2n) is 3.84. The van der Waals surface area contributed by atoms with Crippen LogP contribution in [0.1, 0.15) is 13.8 Å². The van der Waals surface area contributed by atoms with Crippen molar-refractivity contribution < 1.29 is 0 Å². The predicted octanol–water partition coefficient (Wildman–Crippen LogP) is 2.19. The molecule has 0 spiro atoms. The van der Waals surface area contributed by atoms with Gasteiger partial charge in [0.25, 0.3) is 0 Å². The van der Waals surface area contributed by atoms with E-state index >= 15 is 0 Å². The molecular weight excluding hydrogens is 186 g/mol. The van der Waals surface area contributed by atoms with Gasteiger partial charge in [0.2, 0.25) is 0 Å². The minimum atomic E-state index is -1.68. The van der Waals surface area contributed by atoms with E-state index in [9.17, 15) is 0 Å². The van der Waals surface area contributed by atoms with Crippen molar-refractivity contribution in [2.75, 3.05) is 7.05 Å².